The van der Waals surface area contributed by atoms with Crippen LogP contribution < -0.4 is 14.9 Å². The number of amides is 2. The van der Waals surface area contributed by atoms with Gasteiger partial charge < -0.3 is 5.11 Å². The summed E-state index contributed by atoms with van der Waals surface area (Å²) >= 11 is 0.741. The Kier molecular flexibility index (Phi) is 8.28. The molecule has 11 nitrogen and oxygen atoms in total. The van der Waals surface area contributed by atoms with E-state index >= 15 is 0 Å². The van der Waals surface area contributed by atoms with Gasteiger partial charge in [0.2, 0.25) is 0 Å². The van der Waals surface area contributed by atoms with Crippen molar-refractivity contribution in [2.75, 3.05) is 29.6 Å². The third-order valence-electron chi connectivity index (χ3n) is 5.33. The van der Waals surface area contributed by atoms with Gasteiger partial charge in [0.25, 0.3) is 10.0 Å². The number of urea groups is 1. The number of anilines is 2. The lowest BCUT2D eigenvalue weighted by atomic mass is 10.1. The summed E-state index contributed by atoms with van der Waals surface area (Å²) in [6, 6.07) is 5.49. The largest absolute Gasteiger partial charge is 0.481 e. The van der Waals surface area contributed by atoms with Crippen molar-refractivity contribution in [3.05, 3.63) is 30.5 Å². The molecule has 0 atom stereocenters. The molecule has 0 saturated heterocycles. The number of hydrogen-bond donors (Lipinski definition) is 3. The summed E-state index contributed by atoms with van der Waals surface area (Å²) < 4.78 is 50.2. The minimum atomic E-state index is -3.96. The second-order valence-corrected chi connectivity index (χ2v) is 13.0. The van der Waals surface area contributed by atoms with E-state index in [-0.39, 0.29) is 27.2 Å². The van der Waals surface area contributed by atoms with Crippen molar-refractivity contribution in [3.63, 3.8) is 0 Å². The second-order valence-electron chi connectivity index (χ2n) is 7.98. The summed E-state index contributed by atoms with van der Waals surface area (Å²) in [5, 5.41) is 11.3. The molecule has 186 valence electrons. The number of sulfone groups is 1. The van der Waals surface area contributed by atoms with Gasteiger partial charge in [-0.3, -0.25) is 15.0 Å². The van der Waals surface area contributed by atoms with E-state index < -0.39 is 31.9 Å². The Morgan fingerprint density at radius 3 is 2.38 bits per heavy atom. The molecular weight excluding hydrogens is 504 g/mol. The van der Waals surface area contributed by atoms with E-state index in [1.54, 1.807) is 12.1 Å². The topological polar surface area (TPSA) is 163 Å². The van der Waals surface area contributed by atoms with E-state index in [9.17, 15) is 26.4 Å². The van der Waals surface area contributed by atoms with Crippen LogP contribution in [0.3, 0.4) is 0 Å². The Morgan fingerprint density at radius 1 is 1.15 bits per heavy atom. The number of hydrogen-bond acceptors (Lipinski definition) is 8. The first-order valence-corrected chi connectivity index (χ1v) is 14.7. The molecule has 1 fully saturated rings. The molecule has 1 aromatic heterocycles. The molecular formula is C20H26N4O7S3. The predicted octanol–water partition coefficient (Wildman–Crippen LogP) is 2.53. The molecule has 0 bridgehead atoms. The number of thiazole rings is 1. The summed E-state index contributed by atoms with van der Waals surface area (Å²) in [6.07, 6.45) is 5.95. The molecule has 1 aliphatic rings. The van der Waals surface area contributed by atoms with Crippen LogP contribution in [0.4, 0.5) is 15.6 Å². The van der Waals surface area contributed by atoms with Crippen molar-refractivity contribution >= 4 is 54.0 Å². The number of nitrogens with zero attached hydrogens (tertiary/aromatic N) is 2. The highest BCUT2D eigenvalue weighted by molar-refractivity contribution is 7.91. The van der Waals surface area contributed by atoms with Gasteiger partial charge >= 0.3 is 12.0 Å². The van der Waals surface area contributed by atoms with Crippen molar-refractivity contribution < 1.29 is 31.5 Å². The number of sulfonamides is 1. The molecule has 0 spiro atoms. The number of carboxylic acid groups (broad SMARTS) is 1. The fraction of sp³-hybridized carbons (Fsp3) is 0.450. The minimum Gasteiger partial charge on any atom is -0.481 e. The lowest BCUT2D eigenvalue weighted by molar-refractivity contribution is -0.136. The van der Waals surface area contributed by atoms with Gasteiger partial charge in [0.05, 0.1) is 17.5 Å². The molecule has 0 unspecified atom stereocenters. The van der Waals surface area contributed by atoms with Crippen molar-refractivity contribution in [1.29, 1.82) is 0 Å². The van der Waals surface area contributed by atoms with Gasteiger partial charge in [0.1, 0.15) is 0 Å². The first-order valence-electron chi connectivity index (χ1n) is 10.5. The lowest BCUT2D eigenvalue weighted by Crippen LogP contribution is -2.38. The molecule has 34 heavy (non-hydrogen) atoms. The van der Waals surface area contributed by atoms with Crippen LogP contribution in [0.2, 0.25) is 0 Å². The quantitative estimate of drug-likeness (QED) is 0.422. The van der Waals surface area contributed by atoms with Gasteiger partial charge in [0.15, 0.2) is 19.2 Å². The van der Waals surface area contributed by atoms with Gasteiger partial charge in [-0.05, 0) is 43.0 Å². The normalized spacial score (nSPS) is 14.7. The standard InChI is InChI=1S/C20H26N4O7S3/c1-33(28,29)16-8-6-15(7-9-16)24(13-14-4-2-3-5-14)20(27)23-19-21-12-18(32-19)34(30,31)22-11-10-17(25)26/h6-9,12,14,22H,2-5,10-11,13H2,1H3,(H,25,26)(H,21,23,27). The van der Waals surface area contributed by atoms with Gasteiger partial charge in [0, 0.05) is 25.0 Å². The van der Waals surface area contributed by atoms with E-state index in [2.05, 4.69) is 15.0 Å². The van der Waals surface area contributed by atoms with Gasteiger partial charge in [-0.15, -0.1) is 0 Å². The smallest absolute Gasteiger partial charge is 0.328 e. The van der Waals surface area contributed by atoms with Crippen LogP contribution in [-0.2, 0) is 24.7 Å². The monoisotopic (exact) mass is 530 g/mol. The molecule has 14 heteroatoms. The molecule has 1 aromatic carbocycles. The van der Waals surface area contributed by atoms with Crippen LogP contribution in [0.15, 0.2) is 39.6 Å². The van der Waals surface area contributed by atoms with E-state index in [0.717, 1.165) is 49.5 Å². The molecule has 1 saturated carbocycles. The zero-order valence-corrected chi connectivity index (χ0v) is 20.9. The van der Waals surface area contributed by atoms with Gasteiger partial charge in [-0.25, -0.2) is 31.3 Å². The molecule has 1 aliphatic carbocycles. The van der Waals surface area contributed by atoms with E-state index in [1.165, 1.54) is 17.0 Å². The van der Waals surface area contributed by atoms with Crippen LogP contribution in [-0.4, -0.2) is 58.3 Å². The Hall–Kier alpha value is -2.55. The fourth-order valence-electron chi connectivity index (χ4n) is 3.59. The van der Waals surface area contributed by atoms with Crippen LogP contribution in [0, 0.1) is 5.92 Å². The average Bonchev–Trinajstić information content (AvgIpc) is 3.43. The third kappa shape index (κ3) is 6.98. The zero-order valence-electron chi connectivity index (χ0n) is 18.4. The summed E-state index contributed by atoms with van der Waals surface area (Å²) in [5.74, 6) is -0.835. The van der Waals surface area contributed by atoms with E-state index in [4.69, 9.17) is 5.11 Å². The number of carbonyl (C=O) groups is 2. The first kappa shape index (κ1) is 26.1. The number of carboxylic acids is 1. The Balaban J connectivity index is 1.76. The number of carbonyl (C=O) groups excluding carboxylic acids is 1. The number of benzene rings is 1. The average molecular weight is 531 g/mol. The molecule has 0 radical (unpaired) electrons. The second kappa shape index (κ2) is 10.8. The third-order valence-corrected chi connectivity index (χ3v) is 9.29. The number of aromatic nitrogens is 1. The van der Waals surface area contributed by atoms with Crippen LogP contribution in [0.1, 0.15) is 32.1 Å². The predicted molar refractivity (Wildman–Crippen MR) is 127 cm³/mol. The maximum Gasteiger partial charge on any atom is 0.328 e. The van der Waals surface area contributed by atoms with Crippen molar-refractivity contribution in [2.45, 2.75) is 41.2 Å². The maximum absolute atomic E-state index is 13.1. The zero-order chi connectivity index (χ0) is 24.9. The first-order chi connectivity index (χ1) is 16.0. The summed E-state index contributed by atoms with van der Waals surface area (Å²) in [7, 11) is -7.34. The number of rotatable bonds is 10. The SMILES string of the molecule is CS(=O)(=O)c1ccc(N(CC2CCCC2)C(=O)Nc2ncc(S(=O)(=O)NCCC(=O)O)s2)cc1. The molecule has 2 aromatic rings. The molecule has 0 aliphatic heterocycles. The minimum absolute atomic E-state index is 0.0628. The molecule has 1 heterocycles. The van der Waals surface area contributed by atoms with Crippen LogP contribution in [0.5, 0.6) is 0 Å². The summed E-state index contributed by atoms with van der Waals surface area (Å²) in [6.45, 7) is 0.160. The highest BCUT2D eigenvalue weighted by Crippen LogP contribution is 2.29. The van der Waals surface area contributed by atoms with E-state index in [1.807, 2.05) is 0 Å². The molecule has 3 N–H and O–H groups in total. The molecule has 3 rings (SSSR count). The van der Waals surface area contributed by atoms with Crippen molar-refractivity contribution in [1.82, 2.24) is 9.71 Å². The van der Waals surface area contributed by atoms with Crippen LogP contribution in [0.25, 0.3) is 0 Å². The Bertz CT molecular complexity index is 1240. The van der Waals surface area contributed by atoms with Gasteiger partial charge in [-0.1, -0.05) is 24.2 Å². The number of aliphatic carboxylic acids is 1. The Morgan fingerprint density at radius 2 is 1.79 bits per heavy atom. The van der Waals surface area contributed by atoms with Crippen LogP contribution >= 0.6 is 11.3 Å². The fourth-order valence-corrected chi connectivity index (χ4v) is 6.32. The highest BCUT2D eigenvalue weighted by Gasteiger charge is 2.25. The van der Waals surface area contributed by atoms with Crippen molar-refractivity contribution in [2.24, 2.45) is 5.92 Å². The highest BCUT2D eigenvalue weighted by atomic mass is 32.2. The summed E-state index contributed by atoms with van der Waals surface area (Å²) in [5.41, 5.74) is 0.511. The van der Waals surface area contributed by atoms with E-state index in [0.29, 0.717) is 18.2 Å². The van der Waals surface area contributed by atoms with Gasteiger partial charge in [-0.2, -0.15) is 0 Å². The number of nitrogens with one attached hydrogen (secondary N) is 2. The lowest BCUT2D eigenvalue weighted by Gasteiger charge is -2.26. The van der Waals surface area contributed by atoms with Crippen molar-refractivity contribution in [3.8, 4) is 0 Å². The molecule has 2 amide bonds. The Labute approximate surface area is 202 Å². The summed E-state index contributed by atoms with van der Waals surface area (Å²) in [4.78, 5) is 29.3. The maximum atomic E-state index is 13.1.